The van der Waals surface area contributed by atoms with Gasteiger partial charge >= 0.3 is 6.03 Å². The molecule has 2 aromatic carbocycles. The molecule has 0 atom stereocenters. The number of hydrogen-bond donors (Lipinski definition) is 2. The second kappa shape index (κ2) is 8.17. The van der Waals surface area contributed by atoms with E-state index < -0.39 is 0 Å². The van der Waals surface area contributed by atoms with Gasteiger partial charge in [-0.25, -0.2) is 4.79 Å². The van der Waals surface area contributed by atoms with Gasteiger partial charge in [-0.3, -0.25) is 4.79 Å². The fraction of sp³-hybridized carbons (Fsp3) is 0.136. The Morgan fingerprint density at radius 1 is 1.03 bits per heavy atom. The van der Waals surface area contributed by atoms with E-state index >= 15 is 0 Å². The molecule has 4 rings (SSSR count). The van der Waals surface area contributed by atoms with Crippen LogP contribution in [0.2, 0.25) is 0 Å². The van der Waals surface area contributed by atoms with Gasteiger partial charge in [0, 0.05) is 34.9 Å². The molecule has 0 saturated heterocycles. The topological polar surface area (TPSA) is 85.2 Å². The number of thiophene rings is 1. The molecular formula is C22H18N4O2S. The van der Waals surface area contributed by atoms with E-state index in [1.165, 1.54) is 10.4 Å². The number of hydrogen-bond acceptors (Lipinski definition) is 4. The van der Waals surface area contributed by atoms with Crippen molar-refractivity contribution in [1.29, 1.82) is 5.26 Å². The third kappa shape index (κ3) is 4.28. The molecule has 1 aromatic heterocycles. The van der Waals surface area contributed by atoms with Crippen LogP contribution in [0.5, 0.6) is 0 Å². The first-order chi connectivity index (χ1) is 14.1. The Hall–Kier alpha value is -3.63. The minimum Gasteiger partial charge on any atom is -0.322 e. The molecular weight excluding hydrogens is 384 g/mol. The molecule has 6 nitrogen and oxygen atoms in total. The summed E-state index contributed by atoms with van der Waals surface area (Å²) in [7, 11) is 0. The molecule has 144 valence electrons. The first-order valence-electron chi connectivity index (χ1n) is 9.15. The lowest BCUT2D eigenvalue weighted by Gasteiger charge is -2.27. The maximum absolute atomic E-state index is 12.6. The van der Waals surface area contributed by atoms with Crippen LogP contribution in [0.1, 0.15) is 26.4 Å². The van der Waals surface area contributed by atoms with Crippen molar-refractivity contribution in [3.05, 3.63) is 81.5 Å². The molecule has 1 aliphatic heterocycles. The predicted molar refractivity (Wildman–Crippen MR) is 113 cm³/mol. The Labute approximate surface area is 172 Å². The molecule has 0 spiro atoms. The third-order valence-corrected chi connectivity index (χ3v) is 5.74. The Bertz CT molecular complexity index is 1120. The highest BCUT2D eigenvalue weighted by Gasteiger charge is 2.21. The monoisotopic (exact) mass is 402 g/mol. The van der Waals surface area contributed by atoms with Gasteiger partial charge in [-0.2, -0.15) is 5.26 Å². The summed E-state index contributed by atoms with van der Waals surface area (Å²) in [5.41, 5.74) is 3.19. The number of fused-ring (bicyclic) bond motifs is 1. The fourth-order valence-electron chi connectivity index (χ4n) is 3.23. The van der Waals surface area contributed by atoms with E-state index in [-0.39, 0.29) is 11.9 Å². The lowest BCUT2D eigenvalue weighted by molar-refractivity contribution is 0.102. The largest absolute Gasteiger partial charge is 0.322 e. The highest BCUT2D eigenvalue weighted by atomic mass is 32.1. The molecule has 29 heavy (non-hydrogen) atoms. The first-order valence-corrected chi connectivity index (χ1v) is 10.0. The summed E-state index contributed by atoms with van der Waals surface area (Å²) < 4.78 is 0. The quantitative estimate of drug-likeness (QED) is 0.678. The van der Waals surface area contributed by atoms with Crippen LogP contribution in [-0.2, 0) is 13.0 Å². The van der Waals surface area contributed by atoms with Gasteiger partial charge in [0.2, 0.25) is 0 Å². The number of urea groups is 1. The maximum atomic E-state index is 12.6. The molecule has 0 saturated carbocycles. The third-order valence-electron chi connectivity index (χ3n) is 4.72. The number of nitrogens with one attached hydrogen (secondary N) is 2. The van der Waals surface area contributed by atoms with Crippen molar-refractivity contribution in [2.24, 2.45) is 0 Å². The number of amides is 3. The van der Waals surface area contributed by atoms with Crippen LogP contribution in [0.25, 0.3) is 0 Å². The van der Waals surface area contributed by atoms with Crippen molar-refractivity contribution >= 4 is 34.6 Å². The molecule has 0 unspecified atom stereocenters. The normalized spacial score (nSPS) is 12.6. The summed E-state index contributed by atoms with van der Waals surface area (Å²) in [6.45, 7) is 1.27. The standard InChI is InChI=1S/C22H18N4O2S/c23-13-15-3-1-5-18(11-15)24-21(27)16-4-2-6-19(12-16)25-22(28)26-9-7-20-17(14-26)8-10-29-20/h1-6,8,10-12H,7,9,14H2,(H,24,27)(H,25,28). The average molecular weight is 402 g/mol. The van der Waals surface area contributed by atoms with Gasteiger partial charge in [-0.05, 0) is 59.8 Å². The molecule has 0 fully saturated rings. The SMILES string of the molecule is N#Cc1cccc(NC(=O)c2cccc(NC(=O)N3CCc4sccc4C3)c2)c1. The van der Waals surface area contributed by atoms with E-state index in [0.717, 1.165) is 6.42 Å². The minimum absolute atomic E-state index is 0.180. The molecule has 0 radical (unpaired) electrons. The van der Waals surface area contributed by atoms with Crippen LogP contribution >= 0.6 is 11.3 Å². The average Bonchev–Trinajstić information content (AvgIpc) is 3.22. The van der Waals surface area contributed by atoms with E-state index in [0.29, 0.717) is 35.6 Å². The highest BCUT2D eigenvalue weighted by Crippen LogP contribution is 2.24. The Morgan fingerprint density at radius 2 is 1.83 bits per heavy atom. The summed E-state index contributed by atoms with van der Waals surface area (Å²) in [5.74, 6) is -0.308. The maximum Gasteiger partial charge on any atom is 0.322 e. The molecule has 7 heteroatoms. The lowest BCUT2D eigenvalue weighted by atomic mass is 10.1. The van der Waals surface area contributed by atoms with Crippen molar-refractivity contribution in [1.82, 2.24) is 4.90 Å². The van der Waals surface area contributed by atoms with Crippen LogP contribution in [0.15, 0.2) is 60.0 Å². The fourth-order valence-corrected chi connectivity index (χ4v) is 4.12. The number of benzene rings is 2. The molecule has 2 heterocycles. The van der Waals surface area contributed by atoms with Gasteiger partial charge in [0.05, 0.1) is 11.6 Å². The van der Waals surface area contributed by atoms with Crippen LogP contribution in [0.4, 0.5) is 16.2 Å². The number of nitriles is 1. The van der Waals surface area contributed by atoms with Crippen molar-refractivity contribution in [3.63, 3.8) is 0 Å². The summed E-state index contributed by atoms with van der Waals surface area (Å²) in [4.78, 5) is 28.3. The minimum atomic E-state index is -0.308. The van der Waals surface area contributed by atoms with Crippen LogP contribution in [-0.4, -0.2) is 23.4 Å². The molecule has 2 N–H and O–H groups in total. The summed E-state index contributed by atoms with van der Waals surface area (Å²) >= 11 is 1.73. The smallest absolute Gasteiger partial charge is 0.322 e. The van der Waals surface area contributed by atoms with E-state index in [2.05, 4.69) is 22.1 Å². The van der Waals surface area contributed by atoms with Crippen LogP contribution in [0, 0.1) is 11.3 Å². The number of nitrogens with zero attached hydrogens (tertiary/aromatic N) is 2. The zero-order chi connectivity index (χ0) is 20.2. The highest BCUT2D eigenvalue weighted by molar-refractivity contribution is 7.10. The summed E-state index contributed by atoms with van der Waals surface area (Å²) in [5, 5.41) is 16.7. The Morgan fingerprint density at radius 3 is 2.66 bits per heavy atom. The zero-order valence-electron chi connectivity index (χ0n) is 15.5. The second-order valence-corrected chi connectivity index (χ2v) is 7.70. The second-order valence-electron chi connectivity index (χ2n) is 6.70. The van der Waals surface area contributed by atoms with Gasteiger partial charge in [-0.1, -0.05) is 12.1 Å². The summed E-state index contributed by atoms with van der Waals surface area (Å²) in [6, 6.07) is 17.4. The number of carbonyl (C=O) groups excluding carboxylic acids is 2. The Kier molecular flexibility index (Phi) is 5.27. The van der Waals surface area contributed by atoms with E-state index in [4.69, 9.17) is 5.26 Å². The lowest BCUT2D eigenvalue weighted by Crippen LogP contribution is -2.38. The van der Waals surface area contributed by atoms with Crippen molar-refractivity contribution < 1.29 is 9.59 Å². The van der Waals surface area contributed by atoms with Crippen molar-refractivity contribution in [2.45, 2.75) is 13.0 Å². The van der Waals surface area contributed by atoms with Gasteiger partial charge in [0.15, 0.2) is 0 Å². The zero-order valence-corrected chi connectivity index (χ0v) is 16.3. The number of anilines is 2. The summed E-state index contributed by atoms with van der Waals surface area (Å²) in [6.07, 6.45) is 0.866. The number of carbonyl (C=O) groups is 2. The van der Waals surface area contributed by atoms with Crippen molar-refractivity contribution in [2.75, 3.05) is 17.2 Å². The van der Waals surface area contributed by atoms with Crippen molar-refractivity contribution in [3.8, 4) is 6.07 Å². The number of rotatable bonds is 3. The van der Waals surface area contributed by atoms with Crippen LogP contribution < -0.4 is 10.6 Å². The van der Waals surface area contributed by atoms with Gasteiger partial charge in [0.1, 0.15) is 0 Å². The Balaban J connectivity index is 1.42. The molecule has 0 aliphatic carbocycles. The predicted octanol–water partition coefficient (Wildman–Crippen LogP) is 4.46. The first kappa shape index (κ1) is 18.7. The van der Waals surface area contributed by atoms with E-state index in [1.54, 1.807) is 64.8 Å². The van der Waals surface area contributed by atoms with Gasteiger partial charge < -0.3 is 15.5 Å². The molecule has 3 aromatic rings. The molecule has 3 amide bonds. The van der Waals surface area contributed by atoms with Crippen LogP contribution in [0.3, 0.4) is 0 Å². The van der Waals surface area contributed by atoms with E-state index in [1.807, 2.05) is 6.07 Å². The van der Waals surface area contributed by atoms with E-state index in [9.17, 15) is 9.59 Å². The van der Waals surface area contributed by atoms with Gasteiger partial charge in [-0.15, -0.1) is 11.3 Å². The molecule has 0 bridgehead atoms. The molecule has 1 aliphatic rings. The van der Waals surface area contributed by atoms with Gasteiger partial charge in [0.25, 0.3) is 5.91 Å².